The van der Waals surface area contributed by atoms with Crippen molar-refractivity contribution in [1.82, 2.24) is 0 Å². The van der Waals surface area contributed by atoms with Crippen molar-refractivity contribution in [2.75, 3.05) is 26.4 Å². The SMILES string of the molecule is IC#CCOCCOC1CCCCO1. The van der Waals surface area contributed by atoms with E-state index in [0.717, 1.165) is 19.4 Å². The first-order valence-electron chi connectivity index (χ1n) is 4.83. The number of rotatable bonds is 5. The van der Waals surface area contributed by atoms with Crippen LogP contribution in [0.5, 0.6) is 0 Å². The molecule has 1 fully saturated rings. The monoisotopic (exact) mass is 310 g/mol. The van der Waals surface area contributed by atoms with Crippen molar-refractivity contribution in [3.05, 3.63) is 0 Å². The first-order chi connectivity index (χ1) is 6.93. The smallest absolute Gasteiger partial charge is 0.157 e. The lowest BCUT2D eigenvalue weighted by Gasteiger charge is -2.22. The molecule has 4 heteroatoms. The highest BCUT2D eigenvalue weighted by Gasteiger charge is 2.13. The van der Waals surface area contributed by atoms with Crippen LogP contribution in [0.1, 0.15) is 19.3 Å². The van der Waals surface area contributed by atoms with Gasteiger partial charge in [0.25, 0.3) is 0 Å². The van der Waals surface area contributed by atoms with Crippen molar-refractivity contribution in [3.63, 3.8) is 0 Å². The number of hydrogen-bond donors (Lipinski definition) is 0. The fourth-order valence-corrected chi connectivity index (χ4v) is 1.39. The maximum atomic E-state index is 5.47. The van der Waals surface area contributed by atoms with Crippen LogP contribution in [0.3, 0.4) is 0 Å². The Balaban J connectivity index is 1.89. The Kier molecular flexibility index (Phi) is 7.41. The van der Waals surface area contributed by atoms with E-state index in [1.54, 1.807) is 0 Å². The number of hydrogen-bond acceptors (Lipinski definition) is 3. The Morgan fingerprint density at radius 3 is 3.00 bits per heavy atom. The molecule has 0 aromatic heterocycles. The zero-order valence-electron chi connectivity index (χ0n) is 8.13. The molecule has 0 aromatic carbocycles. The van der Waals surface area contributed by atoms with Crippen molar-refractivity contribution in [2.24, 2.45) is 0 Å². The predicted octanol–water partition coefficient (Wildman–Crippen LogP) is 1.94. The Labute approximate surface area is 98.6 Å². The van der Waals surface area contributed by atoms with Gasteiger partial charge in [0.1, 0.15) is 6.61 Å². The summed E-state index contributed by atoms with van der Waals surface area (Å²) in [6.45, 7) is 2.49. The second kappa shape index (κ2) is 8.48. The summed E-state index contributed by atoms with van der Waals surface area (Å²) in [6.07, 6.45) is 3.35. The van der Waals surface area contributed by atoms with Crippen molar-refractivity contribution >= 4 is 22.6 Å². The fourth-order valence-electron chi connectivity index (χ4n) is 1.23. The Morgan fingerprint density at radius 1 is 1.36 bits per heavy atom. The zero-order valence-corrected chi connectivity index (χ0v) is 10.3. The van der Waals surface area contributed by atoms with Crippen LogP contribution in [-0.2, 0) is 14.2 Å². The molecule has 3 nitrogen and oxygen atoms in total. The molecule has 0 radical (unpaired) electrons. The van der Waals surface area contributed by atoms with E-state index in [-0.39, 0.29) is 6.29 Å². The van der Waals surface area contributed by atoms with Gasteiger partial charge in [-0.05, 0) is 23.2 Å². The maximum absolute atomic E-state index is 5.47. The summed E-state index contributed by atoms with van der Waals surface area (Å²) in [7, 11) is 0. The molecular weight excluding hydrogens is 295 g/mol. The molecule has 14 heavy (non-hydrogen) atoms. The van der Waals surface area contributed by atoms with Gasteiger partial charge in [0.2, 0.25) is 0 Å². The van der Waals surface area contributed by atoms with E-state index in [2.05, 4.69) is 9.85 Å². The van der Waals surface area contributed by atoms with E-state index in [9.17, 15) is 0 Å². The summed E-state index contributed by atoms with van der Waals surface area (Å²) in [4.78, 5) is 0. The molecule has 0 aromatic rings. The highest BCUT2D eigenvalue weighted by Crippen LogP contribution is 2.13. The molecule has 0 amide bonds. The quantitative estimate of drug-likeness (QED) is 0.441. The third-order valence-corrected chi connectivity index (χ3v) is 2.29. The van der Waals surface area contributed by atoms with Crippen LogP contribution in [0.4, 0.5) is 0 Å². The molecular formula is C10H15IO3. The molecule has 1 saturated heterocycles. The minimum absolute atomic E-state index is 0.0111. The fraction of sp³-hybridized carbons (Fsp3) is 0.800. The van der Waals surface area contributed by atoms with E-state index in [1.807, 2.05) is 22.6 Å². The van der Waals surface area contributed by atoms with Crippen LogP contribution in [0.25, 0.3) is 0 Å². The van der Waals surface area contributed by atoms with Crippen molar-refractivity contribution in [2.45, 2.75) is 25.6 Å². The van der Waals surface area contributed by atoms with Gasteiger partial charge in [-0.25, -0.2) is 0 Å². The molecule has 0 aliphatic carbocycles. The topological polar surface area (TPSA) is 27.7 Å². The van der Waals surface area contributed by atoms with Gasteiger partial charge in [0, 0.05) is 29.2 Å². The van der Waals surface area contributed by atoms with Crippen LogP contribution in [0.2, 0.25) is 0 Å². The molecule has 1 unspecified atom stereocenters. The second-order valence-corrected chi connectivity index (χ2v) is 3.53. The van der Waals surface area contributed by atoms with Gasteiger partial charge in [-0.3, -0.25) is 0 Å². The van der Waals surface area contributed by atoms with Gasteiger partial charge in [0.05, 0.1) is 13.2 Å². The van der Waals surface area contributed by atoms with Gasteiger partial charge in [-0.1, -0.05) is 5.92 Å². The lowest BCUT2D eigenvalue weighted by Crippen LogP contribution is -2.23. The summed E-state index contributed by atoms with van der Waals surface area (Å²) in [5, 5.41) is 0. The summed E-state index contributed by atoms with van der Waals surface area (Å²) < 4.78 is 18.8. The normalized spacial score (nSPS) is 21.4. The van der Waals surface area contributed by atoms with Crippen LogP contribution in [0.15, 0.2) is 0 Å². The summed E-state index contributed by atoms with van der Waals surface area (Å²) in [5.74, 6) is 2.81. The van der Waals surface area contributed by atoms with Gasteiger partial charge in [0.15, 0.2) is 6.29 Å². The minimum atomic E-state index is -0.0111. The van der Waals surface area contributed by atoms with Crippen LogP contribution < -0.4 is 0 Å². The molecule has 0 spiro atoms. The zero-order chi connectivity index (χ0) is 10.1. The summed E-state index contributed by atoms with van der Waals surface area (Å²) in [5.41, 5.74) is 0. The second-order valence-electron chi connectivity index (χ2n) is 2.99. The maximum Gasteiger partial charge on any atom is 0.157 e. The van der Waals surface area contributed by atoms with Crippen LogP contribution in [0, 0.1) is 9.85 Å². The lowest BCUT2D eigenvalue weighted by atomic mass is 10.2. The van der Waals surface area contributed by atoms with Gasteiger partial charge >= 0.3 is 0 Å². The Bertz CT molecular complexity index is 191. The third-order valence-electron chi connectivity index (χ3n) is 1.91. The van der Waals surface area contributed by atoms with E-state index >= 15 is 0 Å². The Hall–Kier alpha value is 0.170. The highest BCUT2D eigenvalue weighted by atomic mass is 127. The first-order valence-corrected chi connectivity index (χ1v) is 5.91. The van der Waals surface area contributed by atoms with Crippen molar-refractivity contribution in [1.29, 1.82) is 0 Å². The molecule has 1 aliphatic rings. The molecule has 0 saturated carbocycles. The summed E-state index contributed by atoms with van der Waals surface area (Å²) in [6, 6.07) is 0. The largest absolute Gasteiger partial charge is 0.366 e. The van der Waals surface area contributed by atoms with Crippen LogP contribution in [-0.4, -0.2) is 32.7 Å². The average molecular weight is 310 g/mol. The van der Waals surface area contributed by atoms with E-state index in [4.69, 9.17) is 14.2 Å². The van der Waals surface area contributed by atoms with Gasteiger partial charge in [-0.2, -0.15) is 0 Å². The molecule has 80 valence electrons. The molecule has 1 atom stereocenters. The van der Waals surface area contributed by atoms with Crippen LogP contribution >= 0.6 is 22.6 Å². The number of ether oxygens (including phenoxy) is 3. The standard InChI is InChI=1S/C10H15IO3/c11-5-3-6-12-8-9-14-10-4-1-2-7-13-10/h10H,1-2,4,6-9H2. The number of halogens is 1. The van der Waals surface area contributed by atoms with Gasteiger partial charge < -0.3 is 14.2 Å². The molecule has 1 rings (SSSR count). The third kappa shape index (κ3) is 5.81. The molecule has 0 N–H and O–H groups in total. The minimum Gasteiger partial charge on any atom is -0.366 e. The highest BCUT2D eigenvalue weighted by molar-refractivity contribution is 14.1. The molecule has 1 heterocycles. The molecule has 0 bridgehead atoms. The van der Waals surface area contributed by atoms with E-state index in [1.165, 1.54) is 6.42 Å². The van der Waals surface area contributed by atoms with E-state index < -0.39 is 0 Å². The lowest BCUT2D eigenvalue weighted by molar-refractivity contribution is -0.168. The van der Waals surface area contributed by atoms with Crippen molar-refractivity contribution in [3.8, 4) is 9.85 Å². The van der Waals surface area contributed by atoms with Crippen molar-refractivity contribution < 1.29 is 14.2 Å². The molecule has 1 aliphatic heterocycles. The Morgan fingerprint density at radius 2 is 2.29 bits per heavy atom. The van der Waals surface area contributed by atoms with Gasteiger partial charge in [-0.15, -0.1) is 0 Å². The first kappa shape index (κ1) is 12.2. The average Bonchev–Trinajstić information content (AvgIpc) is 2.25. The summed E-state index contributed by atoms with van der Waals surface area (Å²) >= 11 is 1.99. The predicted molar refractivity (Wildman–Crippen MR) is 62.2 cm³/mol. The van der Waals surface area contributed by atoms with E-state index in [0.29, 0.717) is 19.8 Å².